The lowest BCUT2D eigenvalue weighted by molar-refractivity contribution is -0.174. The Labute approximate surface area is 119 Å². The molecule has 1 aliphatic carbocycles. The number of benzene rings is 1. The van der Waals surface area contributed by atoms with Crippen LogP contribution in [0.2, 0.25) is 0 Å². The molecule has 21 heavy (non-hydrogen) atoms. The topological polar surface area (TPSA) is 58.6 Å². The number of hydrogen-bond acceptors (Lipinski definition) is 3. The van der Waals surface area contributed by atoms with Gasteiger partial charge in [0.25, 0.3) is 0 Å². The number of hydrogen-bond donors (Lipinski definition) is 2. The van der Waals surface area contributed by atoms with E-state index in [9.17, 15) is 23.1 Å². The van der Waals surface area contributed by atoms with E-state index < -0.39 is 24.2 Å². The Hall–Kier alpha value is -1.76. The summed E-state index contributed by atoms with van der Waals surface area (Å²) in [5.41, 5.74) is 0.969. The Morgan fingerprint density at radius 1 is 1.38 bits per heavy atom. The minimum Gasteiger partial charge on any atom is -0.491 e. The van der Waals surface area contributed by atoms with Crippen LogP contribution in [0.5, 0.6) is 5.75 Å². The van der Waals surface area contributed by atoms with Crippen LogP contribution >= 0.6 is 0 Å². The zero-order valence-electron chi connectivity index (χ0n) is 11.6. The number of aliphatic hydroxyl groups excluding tert-OH is 1. The van der Waals surface area contributed by atoms with Crippen molar-refractivity contribution in [3.8, 4) is 5.75 Å². The first-order valence-electron chi connectivity index (χ1n) is 6.54. The number of rotatable bonds is 3. The zero-order chi connectivity index (χ0) is 15.8. The average Bonchev–Trinajstić information content (AvgIpc) is 2.64. The average molecular weight is 303 g/mol. The fraction of sp³-hybridized carbons (Fsp3) is 0.500. The van der Waals surface area contributed by atoms with Gasteiger partial charge in [-0.3, -0.25) is 4.79 Å². The van der Waals surface area contributed by atoms with E-state index in [1.807, 2.05) is 19.2 Å². The van der Waals surface area contributed by atoms with E-state index >= 15 is 0 Å². The van der Waals surface area contributed by atoms with E-state index in [4.69, 9.17) is 4.74 Å². The lowest BCUT2D eigenvalue weighted by atomic mass is 10.1. The molecule has 1 aromatic rings. The van der Waals surface area contributed by atoms with Crippen LogP contribution in [0.4, 0.5) is 13.2 Å². The molecule has 0 aromatic heterocycles. The van der Waals surface area contributed by atoms with E-state index in [0.29, 0.717) is 16.9 Å². The maximum Gasteiger partial charge on any atom is 0.471 e. The van der Waals surface area contributed by atoms with Crippen LogP contribution in [0.25, 0.3) is 0 Å². The summed E-state index contributed by atoms with van der Waals surface area (Å²) < 4.78 is 42.5. The molecule has 2 rings (SSSR count). The van der Waals surface area contributed by atoms with Crippen molar-refractivity contribution < 1.29 is 27.8 Å². The van der Waals surface area contributed by atoms with Crippen molar-refractivity contribution in [2.45, 2.75) is 44.7 Å². The number of alkyl halides is 3. The highest BCUT2D eigenvalue weighted by molar-refractivity contribution is 5.82. The second-order valence-electron chi connectivity index (χ2n) is 5.23. The Morgan fingerprint density at radius 3 is 2.62 bits per heavy atom. The Morgan fingerprint density at radius 2 is 2.05 bits per heavy atom. The maximum atomic E-state index is 12.3. The largest absolute Gasteiger partial charge is 0.491 e. The minimum atomic E-state index is -4.94. The second kappa shape index (κ2) is 5.55. The molecule has 1 amide bonds. The fourth-order valence-electron chi connectivity index (χ4n) is 2.36. The Bertz CT molecular complexity index is 543. The first-order chi connectivity index (χ1) is 9.68. The number of amides is 1. The van der Waals surface area contributed by atoms with Crippen LogP contribution in [-0.4, -0.2) is 23.3 Å². The van der Waals surface area contributed by atoms with Gasteiger partial charge in [0.15, 0.2) is 0 Å². The summed E-state index contributed by atoms with van der Waals surface area (Å²) in [4.78, 5) is 11.1. The predicted octanol–water partition coefficient (Wildman–Crippen LogP) is 2.63. The van der Waals surface area contributed by atoms with Gasteiger partial charge in [-0.2, -0.15) is 13.2 Å². The summed E-state index contributed by atoms with van der Waals surface area (Å²) >= 11 is 0. The molecular weight excluding hydrogens is 287 g/mol. The molecule has 1 aliphatic rings. The molecular formula is C14H16F3NO3. The molecule has 0 spiro atoms. The standard InChI is InChI=1S/C14H16F3NO3/c1-7(2)21-8-3-4-9-10(5-8)11(6-12(9)19)18-13(20)14(15,16)17/h3-5,7,11-12,19H,6H2,1-2H3,(H,18,20)/t11-,12+/m0/s1. The lowest BCUT2D eigenvalue weighted by Gasteiger charge is -2.16. The molecule has 2 atom stereocenters. The van der Waals surface area contributed by atoms with Crippen LogP contribution in [0.3, 0.4) is 0 Å². The van der Waals surface area contributed by atoms with Crippen molar-refractivity contribution in [2.75, 3.05) is 0 Å². The molecule has 0 heterocycles. The highest BCUT2D eigenvalue weighted by Gasteiger charge is 2.42. The molecule has 0 saturated heterocycles. The summed E-state index contributed by atoms with van der Waals surface area (Å²) in [6, 6.07) is 3.94. The first-order valence-corrected chi connectivity index (χ1v) is 6.54. The number of ether oxygens (including phenoxy) is 1. The molecule has 0 radical (unpaired) electrons. The van der Waals surface area contributed by atoms with E-state index in [-0.39, 0.29) is 12.5 Å². The van der Waals surface area contributed by atoms with Crippen molar-refractivity contribution in [3.05, 3.63) is 29.3 Å². The molecule has 0 aliphatic heterocycles. The molecule has 0 bridgehead atoms. The van der Waals surface area contributed by atoms with Gasteiger partial charge in [0.2, 0.25) is 0 Å². The van der Waals surface area contributed by atoms with Crippen LogP contribution in [0, 0.1) is 0 Å². The number of fused-ring (bicyclic) bond motifs is 1. The maximum absolute atomic E-state index is 12.3. The normalized spacial score (nSPS) is 21.3. The van der Waals surface area contributed by atoms with Gasteiger partial charge in [-0.25, -0.2) is 0 Å². The molecule has 0 saturated carbocycles. The highest BCUT2D eigenvalue weighted by Crippen LogP contribution is 2.40. The highest BCUT2D eigenvalue weighted by atomic mass is 19.4. The van der Waals surface area contributed by atoms with Crippen molar-refractivity contribution in [1.29, 1.82) is 0 Å². The van der Waals surface area contributed by atoms with Gasteiger partial charge in [0, 0.05) is 6.42 Å². The third kappa shape index (κ3) is 3.47. The van der Waals surface area contributed by atoms with Gasteiger partial charge >= 0.3 is 12.1 Å². The molecule has 7 heteroatoms. The van der Waals surface area contributed by atoms with Crippen LogP contribution < -0.4 is 10.1 Å². The molecule has 4 nitrogen and oxygen atoms in total. The molecule has 0 unspecified atom stereocenters. The third-order valence-corrected chi connectivity index (χ3v) is 3.19. The van der Waals surface area contributed by atoms with Crippen molar-refractivity contribution in [1.82, 2.24) is 5.32 Å². The predicted molar refractivity (Wildman–Crippen MR) is 68.7 cm³/mol. The Kier molecular flexibility index (Phi) is 4.13. The zero-order valence-corrected chi connectivity index (χ0v) is 11.6. The summed E-state index contributed by atoms with van der Waals surface area (Å²) in [5.74, 6) is -1.52. The molecule has 1 aromatic carbocycles. The fourth-order valence-corrected chi connectivity index (χ4v) is 2.36. The van der Waals surface area contributed by atoms with Gasteiger partial charge in [0.1, 0.15) is 5.75 Å². The Balaban J connectivity index is 2.24. The minimum absolute atomic E-state index is 0.0162. The SMILES string of the molecule is CC(C)Oc1ccc2c(c1)[C@@H](NC(=O)C(F)(F)F)C[C@H]2O. The summed E-state index contributed by atoms with van der Waals surface area (Å²) in [7, 11) is 0. The van der Waals surface area contributed by atoms with Gasteiger partial charge in [-0.05, 0) is 37.1 Å². The monoisotopic (exact) mass is 303 g/mol. The summed E-state index contributed by atoms with van der Waals surface area (Å²) in [5, 5.41) is 11.8. The van der Waals surface area contributed by atoms with E-state index in [1.165, 1.54) is 0 Å². The smallest absolute Gasteiger partial charge is 0.471 e. The molecule has 0 fully saturated rings. The van der Waals surface area contributed by atoms with E-state index in [1.54, 1.807) is 18.2 Å². The van der Waals surface area contributed by atoms with Crippen LogP contribution in [-0.2, 0) is 4.79 Å². The number of halogens is 3. The quantitative estimate of drug-likeness (QED) is 0.902. The molecule has 2 N–H and O–H groups in total. The van der Waals surface area contributed by atoms with E-state index in [0.717, 1.165) is 0 Å². The van der Waals surface area contributed by atoms with Crippen LogP contribution in [0.1, 0.15) is 43.5 Å². The second-order valence-corrected chi connectivity index (χ2v) is 5.23. The number of nitrogens with one attached hydrogen (secondary N) is 1. The van der Waals surface area contributed by atoms with Gasteiger partial charge in [0.05, 0.1) is 18.2 Å². The van der Waals surface area contributed by atoms with Crippen molar-refractivity contribution in [3.63, 3.8) is 0 Å². The van der Waals surface area contributed by atoms with Crippen molar-refractivity contribution >= 4 is 5.91 Å². The number of aliphatic hydroxyl groups is 1. The number of carbonyl (C=O) groups excluding carboxylic acids is 1. The number of carbonyl (C=O) groups is 1. The van der Waals surface area contributed by atoms with E-state index in [2.05, 4.69) is 0 Å². The van der Waals surface area contributed by atoms with Crippen molar-refractivity contribution in [2.24, 2.45) is 0 Å². The van der Waals surface area contributed by atoms with Gasteiger partial charge in [-0.1, -0.05) is 6.07 Å². The van der Waals surface area contributed by atoms with Gasteiger partial charge < -0.3 is 15.2 Å². The third-order valence-electron chi connectivity index (χ3n) is 3.19. The lowest BCUT2D eigenvalue weighted by Crippen LogP contribution is -2.38. The van der Waals surface area contributed by atoms with Gasteiger partial charge in [-0.15, -0.1) is 0 Å². The van der Waals surface area contributed by atoms with Crippen LogP contribution in [0.15, 0.2) is 18.2 Å². The molecule has 116 valence electrons. The summed E-state index contributed by atoms with van der Waals surface area (Å²) in [6.45, 7) is 3.65. The first kappa shape index (κ1) is 15.6. The summed E-state index contributed by atoms with van der Waals surface area (Å²) in [6.07, 6.45) is -5.91.